The van der Waals surface area contributed by atoms with Crippen molar-refractivity contribution in [3.05, 3.63) is 65.1 Å². The molecule has 6 N–H and O–H groups in total. The first kappa shape index (κ1) is 46.5. The number of fused-ring (bicyclic) bond motifs is 1. The summed E-state index contributed by atoms with van der Waals surface area (Å²) >= 11 is 0. The Kier molecular flexibility index (Phi) is 15.0. The van der Waals surface area contributed by atoms with Crippen LogP contribution < -0.4 is 36.4 Å². The summed E-state index contributed by atoms with van der Waals surface area (Å²) in [6.07, 6.45) is 8.47. The van der Waals surface area contributed by atoms with Crippen LogP contribution in [0, 0.1) is 5.41 Å². The Morgan fingerprint density at radius 1 is 0.985 bits per heavy atom. The lowest BCUT2D eigenvalue weighted by molar-refractivity contribution is -0.134. The summed E-state index contributed by atoms with van der Waals surface area (Å²) in [6.45, 7) is 3.05. The van der Waals surface area contributed by atoms with E-state index < -0.39 is 12.5 Å². The van der Waals surface area contributed by atoms with E-state index in [0.717, 1.165) is 55.5 Å². The van der Waals surface area contributed by atoms with Crippen molar-refractivity contribution in [1.29, 1.82) is 5.41 Å². The van der Waals surface area contributed by atoms with Gasteiger partial charge in [-0.15, -0.1) is 0 Å². The maximum atomic E-state index is 14.5. The fourth-order valence-corrected chi connectivity index (χ4v) is 9.11. The summed E-state index contributed by atoms with van der Waals surface area (Å²) in [4.78, 5) is 68.3. The standard InChI is InChI=1S/C46H60F2N12O5/c1-50-46(65)59-20-16-36(35(27-59)44(49)60-21-13-29-22-33(30-25-52-57(3)26-30)34(43(47)48)24-39(29)60)53-31-14-18-58(19-15-31)42(63)8-6-4-5-7-17-51-32-9-10-37(40(23-32)56(2)28-61)54-38-11-12-41(62)55-45(38)64/h9-10,22-26,28,31,38,43,49,51,53-54H,4-8,11-21,27H2,1-3H3,(H,50,65)(H,55,62,64). The van der Waals surface area contributed by atoms with Crippen molar-refractivity contribution in [2.24, 2.45) is 7.05 Å². The molecule has 2 fully saturated rings. The third kappa shape index (κ3) is 11.1. The Bertz CT molecular complexity index is 2310. The zero-order valence-corrected chi connectivity index (χ0v) is 37.4. The topological polar surface area (TPSA) is 200 Å². The van der Waals surface area contributed by atoms with Crippen molar-refractivity contribution in [3.63, 3.8) is 0 Å². The number of carbonyl (C=O) groups excluding carboxylic acids is 5. The first-order chi connectivity index (χ1) is 31.3. The van der Waals surface area contributed by atoms with Gasteiger partial charge in [0.1, 0.15) is 11.9 Å². The van der Waals surface area contributed by atoms with Gasteiger partial charge in [0.25, 0.3) is 6.43 Å². The number of unbranched alkanes of at least 4 members (excludes halogenated alkanes) is 3. The van der Waals surface area contributed by atoms with Gasteiger partial charge in [-0.2, -0.15) is 5.10 Å². The van der Waals surface area contributed by atoms with Gasteiger partial charge in [-0.25, -0.2) is 13.6 Å². The van der Waals surface area contributed by atoms with Crippen molar-refractivity contribution in [3.8, 4) is 11.1 Å². The van der Waals surface area contributed by atoms with Crippen LogP contribution in [-0.2, 0) is 32.6 Å². The molecule has 0 saturated carbocycles. The minimum atomic E-state index is -2.72. The van der Waals surface area contributed by atoms with Crippen LogP contribution in [0.2, 0.25) is 0 Å². The molecule has 65 heavy (non-hydrogen) atoms. The number of amides is 6. The summed E-state index contributed by atoms with van der Waals surface area (Å²) in [5, 5.41) is 28.9. The van der Waals surface area contributed by atoms with E-state index in [0.29, 0.717) is 98.6 Å². The van der Waals surface area contributed by atoms with Gasteiger partial charge in [0.05, 0.1) is 24.1 Å². The molecule has 2 aromatic carbocycles. The Labute approximate surface area is 377 Å². The molecule has 4 aliphatic rings. The van der Waals surface area contributed by atoms with Crippen LogP contribution in [0.5, 0.6) is 0 Å². The second-order valence-corrected chi connectivity index (χ2v) is 17.2. The van der Waals surface area contributed by atoms with Crippen molar-refractivity contribution in [1.82, 2.24) is 35.5 Å². The summed E-state index contributed by atoms with van der Waals surface area (Å²) in [7, 11) is 4.96. The quantitative estimate of drug-likeness (QED) is 0.0348. The smallest absolute Gasteiger partial charge is 0.317 e. The molecule has 3 aromatic rings. The van der Waals surface area contributed by atoms with Gasteiger partial charge in [0.2, 0.25) is 24.1 Å². The molecule has 2 saturated heterocycles. The maximum absolute atomic E-state index is 14.5. The molecule has 5 heterocycles. The highest BCUT2D eigenvalue weighted by molar-refractivity contribution is 6.10. The van der Waals surface area contributed by atoms with Crippen LogP contribution in [0.3, 0.4) is 0 Å². The number of alkyl halides is 2. The normalized spacial score (nSPS) is 17.8. The van der Waals surface area contributed by atoms with E-state index in [4.69, 9.17) is 0 Å². The summed E-state index contributed by atoms with van der Waals surface area (Å²) in [6, 6.07) is 8.10. The number of carbonyl (C=O) groups is 5. The number of aryl methyl sites for hydroxylation is 1. The van der Waals surface area contributed by atoms with E-state index >= 15 is 0 Å². The van der Waals surface area contributed by atoms with E-state index in [1.54, 1.807) is 54.1 Å². The number of imide groups is 1. The molecule has 348 valence electrons. The fourth-order valence-electron chi connectivity index (χ4n) is 9.11. The van der Waals surface area contributed by atoms with E-state index in [1.165, 1.54) is 11.0 Å². The van der Waals surface area contributed by atoms with E-state index in [1.807, 2.05) is 23.1 Å². The van der Waals surface area contributed by atoms with Crippen LogP contribution in [0.25, 0.3) is 11.1 Å². The number of piperidine rings is 2. The monoisotopic (exact) mass is 898 g/mol. The van der Waals surface area contributed by atoms with Gasteiger partial charge < -0.3 is 40.9 Å². The van der Waals surface area contributed by atoms with Crippen molar-refractivity contribution in [2.75, 3.05) is 73.8 Å². The predicted molar refractivity (Wildman–Crippen MR) is 245 cm³/mol. The van der Waals surface area contributed by atoms with E-state index in [9.17, 15) is 38.2 Å². The molecule has 19 heteroatoms. The van der Waals surface area contributed by atoms with Crippen LogP contribution in [0.15, 0.2) is 54.0 Å². The van der Waals surface area contributed by atoms with Crippen molar-refractivity contribution in [2.45, 2.75) is 89.1 Å². The zero-order chi connectivity index (χ0) is 46.2. The third-order valence-electron chi connectivity index (χ3n) is 12.8. The molecule has 6 amide bonds. The largest absolute Gasteiger partial charge is 0.385 e. The van der Waals surface area contributed by atoms with Gasteiger partial charge in [0, 0.05) is 119 Å². The average Bonchev–Trinajstić information content (AvgIpc) is 3.94. The number of hydrogen-bond acceptors (Lipinski definition) is 10. The number of hydrogen-bond donors (Lipinski definition) is 6. The average molecular weight is 899 g/mol. The Hall–Kier alpha value is -6.53. The number of urea groups is 1. The minimum absolute atomic E-state index is 0.0713. The zero-order valence-electron chi connectivity index (χ0n) is 37.4. The molecular formula is C46H60F2N12O5. The Morgan fingerprint density at radius 3 is 2.48 bits per heavy atom. The maximum Gasteiger partial charge on any atom is 0.317 e. The summed E-state index contributed by atoms with van der Waals surface area (Å²) < 4.78 is 30.6. The summed E-state index contributed by atoms with van der Waals surface area (Å²) in [5.74, 6) is -0.353. The van der Waals surface area contributed by atoms with E-state index in [2.05, 4.69) is 31.7 Å². The van der Waals surface area contributed by atoms with Gasteiger partial charge >= 0.3 is 6.03 Å². The fraction of sp³-hybridized carbons (Fsp3) is 0.500. The minimum Gasteiger partial charge on any atom is -0.385 e. The molecule has 1 unspecified atom stereocenters. The molecule has 0 aliphatic carbocycles. The molecule has 17 nitrogen and oxygen atoms in total. The first-order valence-corrected chi connectivity index (χ1v) is 22.5. The van der Waals surface area contributed by atoms with Crippen LogP contribution >= 0.6 is 0 Å². The highest BCUT2D eigenvalue weighted by Crippen LogP contribution is 2.40. The number of likely N-dealkylation sites (tertiary alicyclic amines) is 1. The highest BCUT2D eigenvalue weighted by atomic mass is 19.3. The number of anilines is 4. The van der Waals surface area contributed by atoms with Crippen molar-refractivity contribution >= 4 is 58.7 Å². The van der Waals surface area contributed by atoms with Gasteiger partial charge in [0.15, 0.2) is 0 Å². The van der Waals surface area contributed by atoms with Crippen molar-refractivity contribution < 1.29 is 32.8 Å². The number of halogens is 2. The number of amidine groups is 1. The second kappa shape index (κ2) is 21.0. The number of nitrogens with one attached hydrogen (secondary N) is 6. The lowest BCUT2D eigenvalue weighted by Crippen LogP contribution is -2.49. The number of benzene rings is 2. The molecule has 1 aromatic heterocycles. The second-order valence-electron chi connectivity index (χ2n) is 17.2. The molecular weight excluding hydrogens is 839 g/mol. The van der Waals surface area contributed by atoms with Gasteiger partial charge in [-0.05, 0) is 80.0 Å². The Balaban J connectivity index is 0.880. The van der Waals surface area contributed by atoms with Gasteiger partial charge in [-0.3, -0.25) is 34.6 Å². The third-order valence-corrected chi connectivity index (χ3v) is 12.8. The summed E-state index contributed by atoms with van der Waals surface area (Å²) in [5.41, 5.74) is 5.97. The molecule has 0 radical (unpaired) electrons. The number of aromatic nitrogens is 2. The number of rotatable bonds is 17. The Morgan fingerprint density at radius 2 is 1.77 bits per heavy atom. The predicted octanol–water partition coefficient (Wildman–Crippen LogP) is 5.12. The van der Waals surface area contributed by atoms with Gasteiger partial charge in [-0.1, -0.05) is 12.8 Å². The SMILES string of the molecule is CNC(=O)N1CCC(NC2CCN(C(=O)CCCCCCNc3ccc(NC4CCC(=O)NC4=O)c(N(C)C=O)c3)CC2)=C(C(=N)N2CCc3cc(-c4cnn(C)c4)c(C(F)F)cc32)C1. The van der Waals surface area contributed by atoms with Crippen LogP contribution in [0.1, 0.15) is 81.8 Å². The first-order valence-electron chi connectivity index (χ1n) is 22.5. The van der Waals surface area contributed by atoms with Crippen LogP contribution in [0.4, 0.5) is 36.3 Å². The molecule has 7 rings (SSSR count). The number of nitrogens with zero attached hydrogens (tertiary/aromatic N) is 6. The van der Waals surface area contributed by atoms with Crippen LogP contribution in [-0.4, -0.2) is 121 Å². The molecule has 0 bridgehead atoms. The van der Waals surface area contributed by atoms with E-state index in [-0.39, 0.29) is 54.2 Å². The highest BCUT2D eigenvalue weighted by Gasteiger charge is 2.34. The lowest BCUT2D eigenvalue weighted by atomic mass is 9.97. The molecule has 1 atom stereocenters. The lowest BCUT2D eigenvalue weighted by Gasteiger charge is -2.37. The molecule has 4 aliphatic heterocycles. The molecule has 0 spiro atoms.